The number of carboxylic acids is 2. The molecule has 20 nitrogen and oxygen atoms in total. The number of carbonyl (C=O) groups excluding carboxylic acids is 6. The van der Waals surface area contributed by atoms with Gasteiger partial charge in [-0.05, 0) is 50.9 Å². The smallest absolute Gasteiger partial charge is 0.326 e. The lowest BCUT2D eigenvalue weighted by Gasteiger charge is -2.28. The molecule has 1 fully saturated rings. The van der Waals surface area contributed by atoms with Gasteiger partial charge in [0.25, 0.3) is 0 Å². The van der Waals surface area contributed by atoms with Crippen molar-refractivity contribution in [2.75, 3.05) is 90.9 Å². The number of hydrogen-bond acceptors (Lipinski definition) is 12. The van der Waals surface area contributed by atoms with Crippen LogP contribution in [0, 0.1) is 11.8 Å². The zero-order valence-electron chi connectivity index (χ0n) is 38.9. The van der Waals surface area contributed by atoms with Crippen molar-refractivity contribution in [3.05, 3.63) is 0 Å². The van der Waals surface area contributed by atoms with Gasteiger partial charge in [-0.1, -0.05) is 80.1 Å². The Morgan fingerprint density at radius 3 is 1.42 bits per heavy atom. The SMILES string of the molecule is O=C(O)CCCCCCCCCCCCCCC(=O)NCC1CCC(C(=O)N[C@@H](CCC(=O)NCCOCCOCC(=O)NCCOCCOCC(=O)NCCNC(=O)CBr)C(=O)O)CC1. The minimum atomic E-state index is -1.21. The first-order valence-corrected chi connectivity index (χ1v) is 25.0. The molecule has 6 amide bonds. The normalized spacial score (nSPS) is 15.0. The van der Waals surface area contributed by atoms with Crippen molar-refractivity contribution in [2.24, 2.45) is 11.8 Å². The van der Waals surface area contributed by atoms with Gasteiger partial charge in [0.2, 0.25) is 35.4 Å². The van der Waals surface area contributed by atoms with Gasteiger partial charge in [-0.15, -0.1) is 0 Å². The fourth-order valence-corrected chi connectivity index (χ4v) is 7.26. The summed E-state index contributed by atoms with van der Waals surface area (Å²) in [6, 6.07) is -1.19. The Morgan fingerprint density at radius 2 is 0.924 bits per heavy atom. The molecule has 0 saturated heterocycles. The maximum Gasteiger partial charge on any atom is 0.326 e. The van der Waals surface area contributed by atoms with Crippen molar-refractivity contribution in [1.82, 2.24) is 31.9 Å². The predicted molar refractivity (Wildman–Crippen MR) is 249 cm³/mol. The highest BCUT2D eigenvalue weighted by Gasteiger charge is 2.30. The number of alkyl halides is 1. The Morgan fingerprint density at radius 1 is 0.485 bits per heavy atom. The number of nitrogens with one attached hydrogen (secondary N) is 6. The van der Waals surface area contributed by atoms with Crippen LogP contribution in [-0.4, -0.2) is 155 Å². The molecular formula is C45H79BrN6O14. The summed E-state index contributed by atoms with van der Waals surface area (Å²) in [5, 5.41) is 34.7. The van der Waals surface area contributed by atoms with Crippen LogP contribution in [0.2, 0.25) is 0 Å². The molecule has 1 aliphatic carbocycles. The topological polar surface area (TPSA) is 286 Å². The highest BCUT2D eigenvalue weighted by molar-refractivity contribution is 9.09. The summed E-state index contributed by atoms with van der Waals surface area (Å²) in [7, 11) is 0. The fraction of sp³-hybridized carbons (Fsp3) is 0.822. The summed E-state index contributed by atoms with van der Waals surface area (Å²) in [6.07, 6.45) is 16.5. The van der Waals surface area contributed by atoms with Crippen LogP contribution in [0.5, 0.6) is 0 Å². The van der Waals surface area contributed by atoms with E-state index in [9.17, 15) is 43.5 Å². The lowest BCUT2D eigenvalue weighted by atomic mass is 9.81. The van der Waals surface area contributed by atoms with Crippen molar-refractivity contribution < 1.29 is 67.5 Å². The number of aliphatic carboxylic acids is 2. The molecule has 66 heavy (non-hydrogen) atoms. The van der Waals surface area contributed by atoms with Gasteiger partial charge in [0.15, 0.2) is 0 Å². The average molecular weight is 1010 g/mol. The van der Waals surface area contributed by atoms with E-state index < -0.39 is 18.0 Å². The first-order valence-electron chi connectivity index (χ1n) is 23.9. The van der Waals surface area contributed by atoms with Crippen LogP contribution in [0.25, 0.3) is 0 Å². The number of hydrogen-bond donors (Lipinski definition) is 8. The van der Waals surface area contributed by atoms with Gasteiger partial charge in [0.05, 0.1) is 45.0 Å². The number of amides is 6. The van der Waals surface area contributed by atoms with E-state index in [2.05, 4.69) is 47.8 Å². The van der Waals surface area contributed by atoms with Gasteiger partial charge in [-0.3, -0.25) is 33.6 Å². The average Bonchev–Trinajstić information content (AvgIpc) is 3.29. The Bertz CT molecular complexity index is 1390. The second-order valence-corrected chi connectivity index (χ2v) is 17.0. The van der Waals surface area contributed by atoms with Crippen LogP contribution in [0.3, 0.4) is 0 Å². The zero-order valence-corrected chi connectivity index (χ0v) is 40.5. The number of halogens is 1. The van der Waals surface area contributed by atoms with Gasteiger partial charge in [-0.2, -0.15) is 0 Å². The van der Waals surface area contributed by atoms with Crippen LogP contribution in [0.15, 0.2) is 0 Å². The molecule has 0 aromatic carbocycles. The minimum Gasteiger partial charge on any atom is -0.481 e. The molecule has 0 radical (unpaired) electrons. The molecule has 0 spiro atoms. The molecule has 0 aromatic heterocycles. The van der Waals surface area contributed by atoms with Crippen LogP contribution in [0.4, 0.5) is 0 Å². The first kappa shape index (κ1) is 60.1. The van der Waals surface area contributed by atoms with Crippen LogP contribution >= 0.6 is 15.9 Å². The molecule has 0 heterocycles. The molecule has 21 heteroatoms. The van der Waals surface area contributed by atoms with Crippen LogP contribution in [-0.2, 0) is 57.3 Å². The minimum absolute atomic E-state index is 0.0537. The molecule has 8 N–H and O–H groups in total. The summed E-state index contributed by atoms with van der Waals surface area (Å²) >= 11 is 3.03. The number of carboxylic acid groups (broad SMARTS) is 2. The maximum atomic E-state index is 12.9. The molecule has 0 aliphatic heterocycles. The maximum absolute atomic E-state index is 12.9. The lowest BCUT2D eigenvalue weighted by molar-refractivity contribution is -0.143. The Labute approximate surface area is 398 Å². The fourth-order valence-electron chi connectivity index (χ4n) is 7.06. The summed E-state index contributed by atoms with van der Waals surface area (Å²) in [5.74, 6) is -3.43. The first-order chi connectivity index (χ1) is 31.9. The molecule has 1 aliphatic rings. The summed E-state index contributed by atoms with van der Waals surface area (Å²) in [5.41, 5.74) is 0. The molecule has 1 atom stereocenters. The van der Waals surface area contributed by atoms with E-state index in [1.165, 1.54) is 38.5 Å². The molecule has 380 valence electrons. The van der Waals surface area contributed by atoms with Crippen molar-refractivity contribution in [2.45, 2.75) is 134 Å². The Hall–Kier alpha value is -3.92. The molecule has 0 bridgehead atoms. The highest BCUT2D eigenvalue weighted by atomic mass is 79.9. The zero-order chi connectivity index (χ0) is 48.5. The van der Waals surface area contributed by atoms with Crippen molar-refractivity contribution in [1.29, 1.82) is 0 Å². The second-order valence-electron chi connectivity index (χ2n) is 16.5. The van der Waals surface area contributed by atoms with E-state index in [0.717, 1.165) is 51.4 Å². The lowest BCUT2D eigenvalue weighted by Crippen LogP contribution is -2.45. The number of carbonyl (C=O) groups is 8. The van der Waals surface area contributed by atoms with Crippen molar-refractivity contribution >= 4 is 63.3 Å². The molecule has 1 saturated carbocycles. The third kappa shape index (κ3) is 36.2. The quantitative estimate of drug-likeness (QED) is 0.0322. The standard InChI is InChI=1S/C45H79BrN6O14/c46-31-40(55)47-21-22-48-41(56)33-65-29-28-64-26-24-50-42(57)34-66-30-27-63-25-23-49-39(54)20-19-37(45(61)62)52-44(60)36-17-15-35(16-18-36)32-51-38(53)13-11-9-7-5-3-1-2-4-6-8-10-12-14-43(58)59/h35-37H,1-34H2,(H,47,55)(H,48,56)(H,49,54)(H,50,57)(H,51,53)(H,52,60)(H,58,59)(H,61,62)/t35?,36?,37-/m0/s1. The van der Waals surface area contributed by atoms with E-state index in [-0.39, 0.29) is 138 Å². The van der Waals surface area contributed by atoms with E-state index in [4.69, 9.17) is 24.1 Å². The van der Waals surface area contributed by atoms with Gasteiger partial charge in [0.1, 0.15) is 19.3 Å². The molecule has 0 aromatic rings. The second kappa shape index (κ2) is 41.3. The molecule has 1 rings (SSSR count). The number of rotatable bonds is 43. The van der Waals surface area contributed by atoms with E-state index in [1.54, 1.807) is 0 Å². The number of ether oxygens (including phenoxy) is 4. The Balaban J connectivity index is 2.00. The Kier molecular flexibility index (Phi) is 37.6. The van der Waals surface area contributed by atoms with E-state index in [1.807, 2.05) is 0 Å². The molecule has 0 unspecified atom stereocenters. The van der Waals surface area contributed by atoms with Crippen molar-refractivity contribution in [3.8, 4) is 0 Å². The van der Waals surface area contributed by atoms with Gasteiger partial charge >= 0.3 is 11.9 Å². The summed E-state index contributed by atoms with van der Waals surface area (Å²) in [6.45, 7) is 2.52. The van der Waals surface area contributed by atoms with Gasteiger partial charge in [-0.25, -0.2) is 4.79 Å². The summed E-state index contributed by atoms with van der Waals surface area (Å²) in [4.78, 5) is 94.7. The predicted octanol–water partition coefficient (Wildman–Crippen LogP) is 2.73. The third-order valence-electron chi connectivity index (χ3n) is 10.9. The van der Waals surface area contributed by atoms with E-state index in [0.29, 0.717) is 38.9 Å². The van der Waals surface area contributed by atoms with Crippen molar-refractivity contribution in [3.63, 3.8) is 0 Å². The highest BCUT2D eigenvalue weighted by Crippen LogP contribution is 2.29. The van der Waals surface area contributed by atoms with Crippen LogP contribution < -0.4 is 31.9 Å². The van der Waals surface area contributed by atoms with E-state index >= 15 is 0 Å². The van der Waals surface area contributed by atoms with Crippen LogP contribution in [0.1, 0.15) is 128 Å². The molecular weight excluding hydrogens is 928 g/mol. The van der Waals surface area contributed by atoms with Gasteiger partial charge < -0.3 is 61.1 Å². The number of unbranched alkanes of at least 4 members (excludes halogenated alkanes) is 11. The summed E-state index contributed by atoms with van der Waals surface area (Å²) < 4.78 is 21.2. The third-order valence-corrected chi connectivity index (χ3v) is 11.4. The monoisotopic (exact) mass is 1010 g/mol. The van der Waals surface area contributed by atoms with Gasteiger partial charge in [0, 0.05) is 57.9 Å². The largest absolute Gasteiger partial charge is 0.481 e.